The summed E-state index contributed by atoms with van der Waals surface area (Å²) in [7, 11) is 1.56. The number of fused-ring (bicyclic) bond motifs is 1. The smallest absolute Gasteiger partial charge is 0.266 e. The van der Waals surface area contributed by atoms with E-state index in [1.54, 1.807) is 38.3 Å². The number of amides is 1. The van der Waals surface area contributed by atoms with Crippen molar-refractivity contribution in [1.29, 1.82) is 5.26 Å². The molecule has 0 saturated heterocycles. The Morgan fingerprint density at radius 3 is 2.67 bits per heavy atom. The first-order chi connectivity index (χ1) is 13.0. The summed E-state index contributed by atoms with van der Waals surface area (Å²) in [6.07, 6.45) is 1.55. The number of carbonyl (C=O) groups excluding carboxylic acids is 1. The van der Waals surface area contributed by atoms with Gasteiger partial charge in [-0.25, -0.2) is 0 Å². The predicted octanol–water partition coefficient (Wildman–Crippen LogP) is 5.36. The fourth-order valence-electron chi connectivity index (χ4n) is 2.83. The van der Waals surface area contributed by atoms with Crippen molar-refractivity contribution in [3.63, 3.8) is 0 Å². The van der Waals surface area contributed by atoms with Gasteiger partial charge < -0.3 is 10.1 Å². The number of methoxy groups -OCH3 is 1. The third-order valence-corrected chi connectivity index (χ3v) is 4.73. The Hall–Kier alpha value is -3.29. The zero-order valence-corrected chi connectivity index (χ0v) is 15.7. The van der Waals surface area contributed by atoms with E-state index < -0.39 is 5.91 Å². The van der Waals surface area contributed by atoms with Gasteiger partial charge in [0.05, 0.1) is 7.11 Å². The highest BCUT2D eigenvalue weighted by atomic mass is 35.5. The zero-order chi connectivity index (χ0) is 19.4. The first-order valence-electron chi connectivity index (χ1n) is 8.29. The number of hydrogen-bond donors (Lipinski definition) is 1. The van der Waals surface area contributed by atoms with Crippen LogP contribution in [0.1, 0.15) is 11.1 Å². The number of nitriles is 1. The summed E-state index contributed by atoms with van der Waals surface area (Å²) >= 11 is 6.10. The van der Waals surface area contributed by atoms with E-state index in [9.17, 15) is 10.1 Å². The molecule has 0 atom stereocenters. The average Bonchev–Trinajstić information content (AvgIpc) is 2.69. The van der Waals surface area contributed by atoms with Crippen LogP contribution >= 0.6 is 11.6 Å². The summed E-state index contributed by atoms with van der Waals surface area (Å²) in [6.45, 7) is 1.81. The van der Waals surface area contributed by atoms with Gasteiger partial charge in [-0.2, -0.15) is 5.26 Å². The Bertz CT molecular complexity index is 1100. The van der Waals surface area contributed by atoms with E-state index in [0.717, 1.165) is 16.3 Å². The molecule has 3 aromatic carbocycles. The second kappa shape index (κ2) is 7.94. The Balaban J connectivity index is 2.04. The molecule has 27 heavy (non-hydrogen) atoms. The number of carbonyl (C=O) groups is 1. The summed E-state index contributed by atoms with van der Waals surface area (Å²) < 4.78 is 5.43. The number of anilines is 1. The van der Waals surface area contributed by atoms with Crippen LogP contribution in [-0.2, 0) is 4.79 Å². The molecule has 0 aromatic heterocycles. The van der Waals surface area contributed by atoms with Gasteiger partial charge in [0.2, 0.25) is 0 Å². The normalized spacial score (nSPS) is 11.1. The van der Waals surface area contributed by atoms with Gasteiger partial charge in [-0.3, -0.25) is 4.79 Å². The molecule has 0 aliphatic rings. The SMILES string of the molecule is COc1ccc2ccccc2c1/C=C(\C#N)C(=O)Nc1cccc(Cl)c1C. The predicted molar refractivity (Wildman–Crippen MR) is 109 cm³/mol. The standard InChI is InChI=1S/C22H17ClN2O2/c1-14-19(23)8-5-9-20(14)25-22(26)16(13-24)12-18-17-7-4-3-6-15(17)10-11-21(18)27-2/h3-12H,1-2H3,(H,25,26)/b16-12+. The lowest BCUT2D eigenvalue weighted by Crippen LogP contribution is -2.14. The van der Waals surface area contributed by atoms with E-state index in [1.165, 1.54) is 0 Å². The van der Waals surface area contributed by atoms with Crippen LogP contribution < -0.4 is 10.1 Å². The van der Waals surface area contributed by atoms with Crippen LogP contribution in [0.3, 0.4) is 0 Å². The molecule has 0 saturated carbocycles. The Labute approximate surface area is 162 Å². The van der Waals surface area contributed by atoms with Crippen molar-refractivity contribution in [2.24, 2.45) is 0 Å². The molecule has 4 nitrogen and oxygen atoms in total. The maximum absolute atomic E-state index is 12.7. The van der Waals surface area contributed by atoms with Gasteiger partial charge in [-0.1, -0.05) is 48.0 Å². The third kappa shape index (κ3) is 3.79. The van der Waals surface area contributed by atoms with Gasteiger partial charge in [0.25, 0.3) is 5.91 Å². The largest absolute Gasteiger partial charge is 0.496 e. The van der Waals surface area contributed by atoms with Crippen molar-refractivity contribution in [2.45, 2.75) is 6.92 Å². The molecule has 5 heteroatoms. The number of benzene rings is 3. The molecular formula is C22H17ClN2O2. The lowest BCUT2D eigenvalue weighted by molar-refractivity contribution is -0.112. The van der Waals surface area contributed by atoms with E-state index >= 15 is 0 Å². The van der Waals surface area contributed by atoms with Gasteiger partial charge in [0, 0.05) is 16.3 Å². The molecule has 0 heterocycles. The number of ether oxygens (including phenoxy) is 1. The molecule has 1 N–H and O–H groups in total. The minimum Gasteiger partial charge on any atom is -0.496 e. The Morgan fingerprint density at radius 1 is 1.15 bits per heavy atom. The summed E-state index contributed by atoms with van der Waals surface area (Å²) in [4.78, 5) is 12.7. The van der Waals surface area contributed by atoms with Crippen molar-refractivity contribution in [1.82, 2.24) is 0 Å². The number of nitrogens with one attached hydrogen (secondary N) is 1. The fourth-order valence-corrected chi connectivity index (χ4v) is 3.00. The van der Waals surface area contributed by atoms with Crippen LogP contribution in [0, 0.1) is 18.3 Å². The Kier molecular flexibility index (Phi) is 5.44. The fraction of sp³-hybridized carbons (Fsp3) is 0.0909. The Morgan fingerprint density at radius 2 is 1.93 bits per heavy atom. The van der Waals surface area contributed by atoms with Gasteiger partial charge >= 0.3 is 0 Å². The highest BCUT2D eigenvalue weighted by Gasteiger charge is 2.14. The van der Waals surface area contributed by atoms with Gasteiger partial charge in [-0.05, 0) is 47.5 Å². The van der Waals surface area contributed by atoms with Crippen molar-refractivity contribution in [3.05, 3.63) is 76.3 Å². The van der Waals surface area contributed by atoms with Crippen molar-refractivity contribution in [3.8, 4) is 11.8 Å². The molecule has 0 fully saturated rings. The lowest BCUT2D eigenvalue weighted by atomic mass is 10.0. The molecule has 0 bridgehead atoms. The molecule has 0 radical (unpaired) electrons. The number of rotatable bonds is 4. The van der Waals surface area contributed by atoms with E-state index in [0.29, 0.717) is 22.0 Å². The molecule has 0 aliphatic carbocycles. The minimum absolute atomic E-state index is 0.0240. The molecular weight excluding hydrogens is 360 g/mol. The minimum atomic E-state index is -0.502. The van der Waals surface area contributed by atoms with Gasteiger partial charge in [0.15, 0.2) is 0 Å². The van der Waals surface area contributed by atoms with E-state index in [-0.39, 0.29) is 5.57 Å². The van der Waals surface area contributed by atoms with Crippen LogP contribution in [0.25, 0.3) is 16.8 Å². The highest BCUT2D eigenvalue weighted by Crippen LogP contribution is 2.30. The monoisotopic (exact) mass is 376 g/mol. The number of hydrogen-bond acceptors (Lipinski definition) is 3. The van der Waals surface area contributed by atoms with Gasteiger partial charge in [0.1, 0.15) is 17.4 Å². The first-order valence-corrected chi connectivity index (χ1v) is 8.67. The summed E-state index contributed by atoms with van der Waals surface area (Å²) in [5.74, 6) is 0.0889. The van der Waals surface area contributed by atoms with Crippen molar-refractivity contribution >= 4 is 40.0 Å². The first kappa shape index (κ1) is 18.5. The number of nitrogens with zero attached hydrogens (tertiary/aromatic N) is 1. The molecule has 3 aromatic rings. The topological polar surface area (TPSA) is 62.1 Å². The molecule has 134 valence electrons. The lowest BCUT2D eigenvalue weighted by Gasteiger charge is -2.11. The zero-order valence-electron chi connectivity index (χ0n) is 14.9. The third-order valence-electron chi connectivity index (χ3n) is 4.32. The number of halogens is 1. The van der Waals surface area contributed by atoms with E-state index in [1.807, 2.05) is 42.5 Å². The molecule has 0 spiro atoms. The average molecular weight is 377 g/mol. The second-order valence-corrected chi connectivity index (χ2v) is 6.35. The maximum atomic E-state index is 12.7. The van der Waals surface area contributed by atoms with Crippen LogP contribution in [-0.4, -0.2) is 13.0 Å². The van der Waals surface area contributed by atoms with E-state index in [2.05, 4.69) is 5.32 Å². The summed E-state index contributed by atoms with van der Waals surface area (Å²) in [6, 6.07) is 18.7. The van der Waals surface area contributed by atoms with Crippen LogP contribution in [0.2, 0.25) is 5.02 Å². The maximum Gasteiger partial charge on any atom is 0.266 e. The van der Waals surface area contributed by atoms with Crippen molar-refractivity contribution < 1.29 is 9.53 Å². The summed E-state index contributed by atoms with van der Waals surface area (Å²) in [5, 5.41) is 14.7. The van der Waals surface area contributed by atoms with Crippen molar-refractivity contribution in [2.75, 3.05) is 12.4 Å². The quantitative estimate of drug-likeness (QED) is 0.492. The van der Waals surface area contributed by atoms with Crippen LogP contribution in [0.15, 0.2) is 60.2 Å². The van der Waals surface area contributed by atoms with E-state index in [4.69, 9.17) is 16.3 Å². The van der Waals surface area contributed by atoms with Crippen LogP contribution in [0.5, 0.6) is 5.75 Å². The second-order valence-electron chi connectivity index (χ2n) is 5.94. The molecule has 1 amide bonds. The van der Waals surface area contributed by atoms with Crippen LogP contribution in [0.4, 0.5) is 5.69 Å². The highest BCUT2D eigenvalue weighted by molar-refractivity contribution is 6.31. The summed E-state index contributed by atoms with van der Waals surface area (Å²) in [5.41, 5.74) is 1.97. The molecule has 0 aliphatic heterocycles. The van der Waals surface area contributed by atoms with Gasteiger partial charge in [-0.15, -0.1) is 0 Å². The molecule has 0 unspecified atom stereocenters. The molecule has 3 rings (SSSR count).